The van der Waals surface area contributed by atoms with Crippen molar-refractivity contribution < 1.29 is 13.2 Å². The third kappa shape index (κ3) is 2.71. The SMILES string of the molecule is CC1CCC2(CCOC2CS(=O)(=O)Cl)CC1. The van der Waals surface area contributed by atoms with Gasteiger partial charge < -0.3 is 4.74 Å². The highest BCUT2D eigenvalue weighted by molar-refractivity contribution is 8.13. The van der Waals surface area contributed by atoms with Gasteiger partial charge in [-0.1, -0.05) is 19.8 Å². The highest BCUT2D eigenvalue weighted by Crippen LogP contribution is 2.48. The monoisotopic (exact) mass is 266 g/mol. The van der Waals surface area contributed by atoms with Crippen LogP contribution in [0.15, 0.2) is 0 Å². The van der Waals surface area contributed by atoms with E-state index in [4.69, 9.17) is 15.4 Å². The zero-order valence-corrected chi connectivity index (χ0v) is 11.2. The molecule has 0 amide bonds. The van der Waals surface area contributed by atoms with Crippen molar-refractivity contribution >= 4 is 19.7 Å². The van der Waals surface area contributed by atoms with E-state index in [-0.39, 0.29) is 17.3 Å². The van der Waals surface area contributed by atoms with Crippen LogP contribution in [-0.4, -0.2) is 26.9 Å². The molecule has 1 aliphatic carbocycles. The van der Waals surface area contributed by atoms with E-state index in [2.05, 4.69) is 6.92 Å². The Morgan fingerprint density at radius 1 is 1.31 bits per heavy atom. The maximum atomic E-state index is 11.2. The van der Waals surface area contributed by atoms with Gasteiger partial charge in [-0.2, -0.15) is 0 Å². The van der Waals surface area contributed by atoms with E-state index >= 15 is 0 Å². The van der Waals surface area contributed by atoms with E-state index in [1.807, 2.05) is 0 Å². The molecule has 1 saturated heterocycles. The average Bonchev–Trinajstić information content (AvgIpc) is 2.52. The lowest BCUT2D eigenvalue weighted by atomic mass is 9.67. The summed E-state index contributed by atoms with van der Waals surface area (Å²) in [6, 6.07) is 0. The fourth-order valence-electron chi connectivity index (χ4n) is 3.06. The van der Waals surface area contributed by atoms with Crippen LogP contribution in [0.1, 0.15) is 39.0 Å². The molecule has 0 aromatic rings. The Kier molecular flexibility index (Phi) is 3.53. The van der Waals surface area contributed by atoms with Gasteiger partial charge in [-0.15, -0.1) is 0 Å². The fraction of sp³-hybridized carbons (Fsp3) is 1.00. The van der Waals surface area contributed by atoms with Crippen molar-refractivity contribution in [3.05, 3.63) is 0 Å². The van der Waals surface area contributed by atoms with Crippen LogP contribution >= 0.6 is 10.7 Å². The van der Waals surface area contributed by atoms with Crippen molar-refractivity contribution in [2.24, 2.45) is 11.3 Å². The van der Waals surface area contributed by atoms with Gasteiger partial charge in [0.2, 0.25) is 9.05 Å². The first kappa shape index (κ1) is 12.7. The van der Waals surface area contributed by atoms with Crippen LogP contribution in [-0.2, 0) is 13.8 Å². The molecule has 2 rings (SSSR count). The van der Waals surface area contributed by atoms with Gasteiger partial charge >= 0.3 is 0 Å². The number of hydrogen-bond acceptors (Lipinski definition) is 3. The molecule has 94 valence electrons. The molecule has 0 bridgehead atoms. The van der Waals surface area contributed by atoms with Gasteiger partial charge in [0.05, 0.1) is 11.9 Å². The molecule has 1 unspecified atom stereocenters. The van der Waals surface area contributed by atoms with E-state index in [0.717, 1.165) is 25.2 Å². The Bertz CT molecular complexity index is 344. The van der Waals surface area contributed by atoms with E-state index in [0.29, 0.717) is 6.61 Å². The zero-order chi connectivity index (χ0) is 11.8. The van der Waals surface area contributed by atoms with E-state index in [1.165, 1.54) is 12.8 Å². The molecule has 0 N–H and O–H groups in total. The van der Waals surface area contributed by atoms with Gasteiger partial charge in [0.1, 0.15) is 0 Å². The first-order valence-electron chi connectivity index (χ1n) is 5.95. The van der Waals surface area contributed by atoms with Crippen molar-refractivity contribution in [1.29, 1.82) is 0 Å². The normalized spacial score (nSPS) is 40.4. The van der Waals surface area contributed by atoms with E-state index < -0.39 is 9.05 Å². The third-order valence-electron chi connectivity index (χ3n) is 4.22. The van der Waals surface area contributed by atoms with Crippen LogP contribution in [0, 0.1) is 11.3 Å². The first-order valence-corrected chi connectivity index (χ1v) is 8.43. The summed E-state index contributed by atoms with van der Waals surface area (Å²) in [5, 5.41) is 0. The van der Waals surface area contributed by atoms with Crippen molar-refractivity contribution in [2.75, 3.05) is 12.4 Å². The molecule has 16 heavy (non-hydrogen) atoms. The predicted octanol–water partition coefficient (Wildman–Crippen LogP) is 2.54. The highest BCUT2D eigenvalue weighted by atomic mass is 35.7. The second-order valence-electron chi connectivity index (χ2n) is 5.36. The second-order valence-corrected chi connectivity index (χ2v) is 8.18. The predicted molar refractivity (Wildman–Crippen MR) is 64.1 cm³/mol. The van der Waals surface area contributed by atoms with Crippen molar-refractivity contribution in [1.82, 2.24) is 0 Å². The molecule has 3 nitrogen and oxygen atoms in total. The number of hydrogen-bond donors (Lipinski definition) is 0. The lowest BCUT2D eigenvalue weighted by Gasteiger charge is -2.39. The molecule has 1 atom stereocenters. The van der Waals surface area contributed by atoms with Crippen LogP contribution in [0.3, 0.4) is 0 Å². The van der Waals surface area contributed by atoms with Gasteiger partial charge in [-0.25, -0.2) is 8.42 Å². The summed E-state index contributed by atoms with van der Waals surface area (Å²) in [4.78, 5) is 0. The molecule has 5 heteroatoms. The maximum Gasteiger partial charge on any atom is 0.235 e. The lowest BCUT2D eigenvalue weighted by Crippen LogP contribution is -2.38. The molecular weight excluding hydrogens is 248 g/mol. The Morgan fingerprint density at radius 2 is 1.94 bits per heavy atom. The zero-order valence-electron chi connectivity index (χ0n) is 9.62. The first-order chi connectivity index (χ1) is 7.41. The fourth-order valence-corrected chi connectivity index (χ4v) is 4.21. The van der Waals surface area contributed by atoms with Crippen LogP contribution in [0.5, 0.6) is 0 Å². The van der Waals surface area contributed by atoms with Crippen LogP contribution in [0.2, 0.25) is 0 Å². The van der Waals surface area contributed by atoms with E-state index in [9.17, 15) is 8.42 Å². The van der Waals surface area contributed by atoms with Crippen molar-refractivity contribution in [3.63, 3.8) is 0 Å². The summed E-state index contributed by atoms with van der Waals surface area (Å²) in [6.45, 7) is 2.95. The molecule has 2 aliphatic rings. The Hall–Kier alpha value is 0.200. The minimum atomic E-state index is -3.45. The van der Waals surface area contributed by atoms with E-state index in [1.54, 1.807) is 0 Å². The molecule has 1 saturated carbocycles. The topological polar surface area (TPSA) is 43.4 Å². The third-order valence-corrected chi connectivity index (χ3v) is 5.30. The van der Waals surface area contributed by atoms with Gasteiger partial charge in [0, 0.05) is 17.3 Å². The summed E-state index contributed by atoms with van der Waals surface area (Å²) in [7, 11) is 1.89. The largest absolute Gasteiger partial charge is 0.377 e. The quantitative estimate of drug-likeness (QED) is 0.722. The van der Waals surface area contributed by atoms with Gasteiger partial charge in [0.15, 0.2) is 0 Å². The smallest absolute Gasteiger partial charge is 0.235 e. The number of halogens is 1. The minimum absolute atomic E-state index is 0.0249. The Balaban J connectivity index is 2.08. The molecule has 1 spiro atoms. The van der Waals surface area contributed by atoms with Crippen molar-refractivity contribution in [3.8, 4) is 0 Å². The summed E-state index contributed by atoms with van der Waals surface area (Å²) in [5.74, 6) is 0.739. The molecule has 2 fully saturated rings. The van der Waals surface area contributed by atoms with Gasteiger partial charge in [-0.3, -0.25) is 0 Å². The summed E-state index contributed by atoms with van der Waals surface area (Å²) < 4.78 is 27.9. The molecule has 0 aromatic carbocycles. The van der Waals surface area contributed by atoms with Crippen LogP contribution in [0.4, 0.5) is 0 Å². The standard InChI is InChI=1S/C11H19ClO3S/c1-9-2-4-11(5-3-9)6-7-15-10(11)8-16(12,13)14/h9-10H,2-8H2,1H3. The number of rotatable bonds is 2. The van der Waals surface area contributed by atoms with Crippen LogP contribution < -0.4 is 0 Å². The van der Waals surface area contributed by atoms with Gasteiger partial charge in [-0.05, 0) is 30.6 Å². The molecule has 1 aliphatic heterocycles. The van der Waals surface area contributed by atoms with Crippen molar-refractivity contribution in [2.45, 2.75) is 45.1 Å². The lowest BCUT2D eigenvalue weighted by molar-refractivity contribution is 0.0364. The molecule has 1 heterocycles. The number of ether oxygens (including phenoxy) is 1. The summed E-state index contributed by atoms with van der Waals surface area (Å²) in [6.07, 6.45) is 5.36. The second kappa shape index (κ2) is 4.46. The average molecular weight is 267 g/mol. The van der Waals surface area contributed by atoms with Gasteiger partial charge in [0.25, 0.3) is 0 Å². The Labute approximate surface area is 102 Å². The summed E-state index contributed by atoms with van der Waals surface area (Å²) >= 11 is 0. The van der Waals surface area contributed by atoms with Crippen LogP contribution in [0.25, 0.3) is 0 Å². The maximum absolute atomic E-state index is 11.2. The molecular formula is C11H19ClO3S. The Morgan fingerprint density at radius 3 is 2.50 bits per heavy atom. The molecule has 0 aromatic heterocycles. The minimum Gasteiger partial charge on any atom is -0.377 e. The highest BCUT2D eigenvalue weighted by Gasteiger charge is 2.46. The molecule has 0 radical (unpaired) electrons. The summed E-state index contributed by atoms with van der Waals surface area (Å²) in [5.41, 5.74) is 0.0917.